The van der Waals surface area contributed by atoms with Gasteiger partial charge in [0.15, 0.2) is 0 Å². The van der Waals surface area contributed by atoms with Crippen LogP contribution < -0.4 is 0 Å². The van der Waals surface area contributed by atoms with Crippen LogP contribution in [0, 0.1) is 5.41 Å². The van der Waals surface area contributed by atoms with E-state index in [1.165, 1.54) is 0 Å². The lowest BCUT2D eigenvalue weighted by Gasteiger charge is -2.35. The zero-order chi connectivity index (χ0) is 19.3. The highest BCUT2D eigenvalue weighted by molar-refractivity contribution is 7.82. The van der Waals surface area contributed by atoms with Crippen LogP contribution in [0.2, 0.25) is 0 Å². The van der Waals surface area contributed by atoms with Crippen LogP contribution in [0.15, 0.2) is 0 Å². The molecular formula is C17H28S8. The third-order valence-corrected chi connectivity index (χ3v) is 6.14. The molecule has 0 aromatic rings. The molecule has 0 saturated carbocycles. The second-order valence-corrected chi connectivity index (χ2v) is 10.4. The van der Waals surface area contributed by atoms with Gasteiger partial charge in [-0.3, -0.25) is 0 Å². The van der Waals surface area contributed by atoms with Crippen molar-refractivity contribution in [3.63, 3.8) is 0 Å². The van der Waals surface area contributed by atoms with E-state index in [4.69, 9.17) is 48.9 Å². The third-order valence-electron chi connectivity index (χ3n) is 3.85. The first kappa shape index (κ1) is 26.8. The topological polar surface area (TPSA) is 0 Å². The number of thiol groups is 4. The maximum Gasteiger partial charge on any atom is -0.00524 e. The molecule has 0 aliphatic heterocycles. The largest absolute Gasteiger partial charge is 0.179 e. The van der Waals surface area contributed by atoms with Gasteiger partial charge < -0.3 is 0 Å². The highest BCUT2D eigenvalue weighted by atomic mass is 32.1. The molecule has 0 heterocycles. The SMILES string of the molecule is S=C(CCS)CC(CC(=S)CCS)(CC(=S)CCS)CC(=S)CCS. The Hall–Kier alpha value is 1.76. The van der Waals surface area contributed by atoms with E-state index in [1.54, 1.807) is 0 Å². The molecular weight excluding hydrogens is 461 g/mol. The van der Waals surface area contributed by atoms with Gasteiger partial charge in [0.1, 0.15) is 0 Å². The van der Waals surface area contributed by atoms with E-state index in [1.807, 2.05) is 0 Å². The highest BCUT2D eigenvalue weighted by Crippen LogP contribution is 2.39. The van der Waals surface area contributed by atoms with Gasteiger partial charge in [0.05, 0.1) is 0 Å². The number of rotatable bonds is 16. The minimum absolute atomic E-state index is 0.111. The van der Waals surface area contributed by atoms with Crippen LogP contribution in [0.3, 0.4) is 0 Å². The van der Waals surface area contributed by atoms with Crippen LogP contribution in [0.4, 0.5) is 0 Å². The van der Waals surface area contributed by atoms with Crippen molar-refractivity contribution in [1.29, 1.82) is 0 Å². The predicted molar refractivity (Wildman–Crippen MR) is 145 cm³/mol. The molecule has 0 nitrogen and oxygen atoms in total. The van der Waals surface area contributed by atoms with Gasteiger partial charge in [-0.25, -0.2) is 0 Å². The molecule has 0 rings (SSSR count). The average molecular weight is 489 g/mol. The van der Waals surface area contributed by atoms with Crippen LogP contribution in [-0.4, -0.2) is 42.5 Å². The predicted octanol–water partition coefficient (Wildman–Crippen LogP) is 6.29. The Morgan fingerprint density at radius 3 is 0.840 bits per heavy atom. The van der Waals surface area contributed by atoms with Crippen molar-refractivity contribution < 1.29 is 0 Å². The molecule has 0 radical (unpaired) electrons. The Morgan fingerprint density at radius 2 is 0.680 bits per heavy atom. The fourth-order valence-corrected chi connectivity index (χ4v) is 6.22. The van der Waals surface area contributed by atoms with Crippen LogP contribution in [-0.2, 0) is 0 Å². The van der Waals surface area contributed by atoms with Crippen molar-refractivity contribution in [1.82, 2.24) is 0 Å². The summed E-state index contributed by atoms with van der Waals surface area (Å²) in [5.74, 6) is 3.05. The van der Waals surface area contributed by atoms with Crippen molar-refractivity contribution in [2.24, 2.45) is 5.41 Å². The Kier molecular flexibility index (Phi) is 16.8. The maximum atomic E-state index is 5.63. The second-order valence-electron chi connectivity index (χ2n) is 6.26. The Morgan fingerprint density at radius 1 is 0.480 bits per heavy atom. The molecule has 0 amide bonds. The van der Waals surface area contributed by atoms with E-state index in [0.717, 1.165) is 93.8 Å². The molecule has 0 atom stereocenters. The third kappa shape index (κ3) is 12.8. The van der Waals surface area contributed by atoms with E-state index < -0.39 is 0 Å². The summed E-state index contributed by atoms with van der Waals surface area (Å²) in [4.78, 5) is 4.13. The van der Waals surface area contributed by atoms with Crippen LogP contribution in [0.5, 0.6) is 0 Å². The zero-order valence-electron chi connectivity index (χ0n) is 14.4. The average Bonchev–Trinajstić information content (AvgIpc) is 2.47. The van der Waals surface area contributed by atoms with Gasteiger partial charge in [0, 0.05) is 0 Å². The summed E-state index contributed by atoms with van der Waals surface area (Å²) >= 11 is 39.8. The summed E-state index contributed by atoms with van der Waals surface area (Å²) in [6.45, 7) is 0. The van der Waals surface area contributed by atoms with Crippen molar-refractivity contribution in [3.05, 3.63) is 0 Å². The fourth-order valence-electron chi connectivity index (χ4n) is 2.90. The minimum atomic E-state index is -0.111. The van der Waals surface area contributed by atoms with Gasteiger partial charge in [0.25, 0.3) is 0 Å². The summed E-state index contributed by atoms with van der Waals surface area (Å²) < 4.78 is 0. The monoisotopic (exact) mass is 488 g/mol. The first-order chi connectivity index (χ1) is 11.8. The second kappa shape index (κ2) is 15.7. The number of hydrogen-bond acceptors (Lipinski definition) is 8. The molecule has 0 spiro atoms. The first-order valence-electron chi connectivity index (χ1n) is 8.32. The molecule has 0 N–H and O–H groups in total. The molecule has 0 aromatic heterocycles. The zero-order valence-corrected chi connectivity index (χ0v) is 21.3. The van der Waals surface area contributed by atoms with Crippen LogP contribution >= 0.6 is 99.4 Å². The van der Waals surface area contributed by atoms with E-state index in [-0.39, 0.29) is 5.41 Å². The lowest BCUT2D eigenvalue weighted by Crippen LogP contribution is -2.32. The molecule has 8 heteroatoms. The van der Waals surface area contributed by atoms with Gasteiger partial charge in [-0.2, -0.15) is 50.5 Å². The first-order valence-corrected chi connectivity index (χ1v) is 12.5. The van der Waals surface area contributed by atoms with Gasteiger partial charge >= 0.3 is 0 Å². The molecule has 0 fully saturated rings. The maximum absolute atomic E-state index is 5.63. The normalized spacial score (nSPS) is 11.4. The highest BCUT2D eigenvalue weighted by Gasteiger charge is 2.34. The van der Waals surface area contributed by atoms with Gasteiger partial charge in [-0.1, -0.05) is 48.9 Å². The van der Waals surface area contributed by atoms with Crippen molar-refractivity contribution >= 4 is 119 Å². The van der Waals surface area contributed by atoms with Gasteiger partial charge in [-0.15, -0.1) is 0 Å². The summed E-state index contributed by atoms with van der Waals surface area (Å²) in [6, 6.07) is 0. The van der Waals surface area contributed by atoms with Gasteiger partial charge in [-0.05, 0) is 99.3 Å². The minimum Gasteiger partial charge on any atom is -0.179 e. The standard InChI is InChI=1S/C17H28S8/c18-5-1-13(22)9-17(10-14(23)2-6-19,11-15(24)3-7-20)12-16(25)4-8-21/h18-21H,1-12H2. The van der Waals surface area contributed by atoms with Crippen molar-refractivity contribution in [3.8, 4) is 0 Å². The lowest BCUT2D eigenvalue weighted by atomic mass is 9.71. The summed E-state index contributed by atoms with van der Waals surface area (Å²) in [5.41, 5.74) is -0.111. The van der Waals surface area contributed by atoms with Crippen LogP contribution in [0.1, 0.15) is 51.4 Å². The van der Waals surface area contributed by atoms with Crippen LogP contribution in [0.25, 0.3) is 0 Å². The Labute approximate surface area is 197 Å². The molecule has 0 aromatic carbocycles. The fraction of sp³-hybridized carbons (Fsp3) is 0.765. The van der Waals surface area contributed by atoms with E-state index in [9.17, 15) is 0 Å². The Balaban J connectivity index is 5.55. The molecule has 25 heavy (non-hydrogen) atoms. The van der Waals surface area contributed by atoms with Gasteiger partial charge in [0.2, 0.25) is 0 Å². The molecule has 0 aliphatic carbocycles. The van der Waals surface area contributed by atoms with Crippen molar-refractivity contribution in [2.75, 3.05) is 23.0 Å². The number of hydrogen-bond donors (Lipinski definition) is 4. The summed E-state index contributed by atoms with van der Waals surface area (Å²) in [6.07, 6.45) is 6.58. The molecule has 144 valence electrons. The lowest BCUT2D eigenvalue weighted by molar-refractivity contribution is 0.343. The van der Waals surface area contributed by atoms with E-state index in [0.29, 0.717) is 0 Å². The smallest absolute Gasteiger partial charge is 0.00524 e. The van der Waals surface area contributed by atoms with E-state index in [2.05, 4.69) is 50.5 Å². The molecule has 0 unspecified atom stereocenters. The number of thiocarbonyl (C=S) groups is 4. The summed E-state index contributed by atoms with van der Waals surface area (Å²) in [5, 5.41) is 0. The molecule has 0 saturated heterocycles. The summed E-state index contributed by atoms with van der Waals surface area (Å²) in [7, 11) is 0. The molecule has 0 aliphatic rings. The van der Waals surface area contributed by atoms with E-state index >= 15 is 0 Å². The quantitative estimate of drug-likeness (QED) is 0.149. The Bertz CT molecular complexity index is 372. The van der Waals surface area contributed by atoms with Crippen molar-refractivity contribution in [2.45, 2.75) is 51.4 Å². The molecule has 0 bridgehead atoms.